The normalized spacial score (nSPS) is 14.9. The van der Waals surface area contributed by atoms with Crippen molar-refractivity contribution in [3.8, 4) is 0 Å². The molecule has 2 aromatic rings. The maximum absolute atomic E-state index is 13.1. The van der Waals surface area contributed by atoms with Crippen molar-refractivity contribution in [2.45, 2.75) is 13.8 Å². The second-order valence-corrected chi connectivity index (χ2v) is 9.26. The lowest BCUT2D eigenvalue weighted by molar-refractivity contribution is 0.0747. The van der Waals surface area contributed by atoms with Gasteiger partial charge in [0.15, 0.2) is 0 Å². The number of piperazine rings is 1. The number of aryl methyl sites for hydroxylation is 1. The van der Waals surface area contributed by atoms with Crippen molar-refractivity contribution >= 4 is 27.3 Å². The van der Waals surface area contributed by atoms with Crippen molar-refractivity contribution in [2.75, 3.05) is 48.7 Å². The molecule has 28 heavy (non-hydrogen) atoms. The zero-order chi connectivity index (χ0) is 20.5. The van der Waals surface area contributed by atoms with E-state index in [2.05, 4.69) is 36.9 Å². The molecule has 6 nitrogen and oxygen atoms in total. The van der Waals surface area contributed by atoms with E-state index in [0.29, 0.717) is 24.3 Å². The van der Waals surface area contributed by atoms with E-state index in [1.807, 2.05) is 0 Å². The lowest BCUT2D eigenvalue weighted by Gasteiger charge is -2.37. The molecule has 0 aromatic heterocycles. The van der Waals surface area contributed by atoms with Crippen LogP contribution >= 0.6 is 0 Å². The van der Waals surface area contributed by atoms with Gasteiger partial charge in [-0.2, -0.15) is 0 Å². The number of anilines is 2. The molecule has 0 unspecified atom stereocenters. The monoisotopic (exact) mass is 401 g/mol. The van der Waals surface area contributed by atoms with E-state index in [0.717, 1.165) is 23.7 Å². The van der Waals surface area contributed by atoms with Crippen molar-refractivity contribution in [3.63, 3.8) is 0 Å². The first kappa shape index (κ1) is 20.2. The molecule has 0 bridgehead atoms. The Bertz CT molecular complexity index is 980. The van der Waals surface area contributed by atoms with Crippen LogP contribution < -0.4 is 9.21 Å². The number of carbonyl (C=O) groups is 1. The Morgan fingerprint density at radius 2 is 1.61 bits per heavy atom. The molecule has 0 spiro atoms. The first-order valence-corrected chi connectivity index (χ1v) is 11.2. The highest BCUT2D eigenvalue weighted by Crippen LogP contribution is 2.26. The van der Waals surface area contributed by atoms with Crippen LogP contribution in [0.15, 0.2) is 42.5 Å². The molecule has 0 N–H and O–H groups in total. The number of amides is 1. The van der Waals surface area contributed by atoms with Gasteiger partial charge in [0.1, 0.15) is 0 Å². The number of nitrogens with zero attached hydrogens (tertiary/aromatic N) is 3. The van der Waals surface area contributed by atoms with E-state index >= 15 is 0 Å². The molecule has 1 aliphatic rings. The Hall–Kier alpha value is -2.54. The molecule has 7 heteroatoms. The van der Waals surface area contributed by atoms with Gasteiger partial charge in [-0.15, -0.1) is 0 Å². The number of rotatable bonds is 4. The molecule has 1 saturated heterocycles. The number of para-hydroxylation sites is 1. The molecular formula is C21H27N3O3S. The molecule has 1 fully saturated rings. The topological polar surface area (TPSA) is 60.9 Å². The standard InChI is InChI=1S/C21H27N3O3S/c1-16-8-7-11-19(17(16)2)23-12-14-24(15-13-23)21(25)18-9-5-6-10-20(18)22(3)28(4,26)27/h5-11H,12-15H2,1-4H3. The molecule has 0 atom stereocenters. The van der Waals surface area contributed by atoms with Crippen molar-refractivity contribution in [3.05, 3.63) is 59.2 Å². The molecule has 0 aliphatic carbocycles. The lowest BCUT2D eigenvalue weighted by atomic mass is 10.1. The summed E-state index contributed by atoms with van der Waals surface area (Å²) >= 11 is 0. The summed E-state index contributed by atoms with van der Waals surface area (Å²) in [6.45, 7) is 6.93. The van der Waals surface area contributed by atoms with Gasteiger partial charge in [0.25, 0.3) is 5.91 Å². The van der Waals surface area contributed by atoms with Gasteiger partial charge in [0, 0.05) is 38.9 Å². The minimum absolute atomic E-state index is 0.133. The third-order valence-corrected chi connectivity index (χ3v) is 6.65. The highest BCUT2D eigenvalue weighted by molar-refractivity contribution is 7.92. The van der Waals surface area contributed by atoms with Crippen LogP contribution in [0.4, 0.5) is 11.4 Å². The average molecular weight is 402 g/mol. The van der Waals surface area contributed by atoms with Crippen molar-refractivity contribution in [1.82, 2.24) is 4.90 Å². The van der Waals surface area contributed by atoms with Gasteiger partial charge in [0.2, 0.25) is 10.0 Å². The third-order valence-electron chi connectivity index (χ3n) is 5.45. The molecule has 1 amide bonds. The molecule has 2 aromatic carbocycles. The number of sulfonamides is 1. The first-order valence-electron chi connectivity index (χ1n) is 9.33. The lowest BCUT2D eigenvalue weighted by Crippen LogP contribution is -2.49. The summed E-state index contributed by atoms with van der Waals surface area (Å²) < 4.78 is 25.0. The van der Waals surface area contributed by atoms with Crippen LogP contribution in [0.25, 0.3) is 0 Å². The largest absolute Gasteiger partial charge is 0.368 e. The predicted octanol–water partition coefficient (Wildman–Crippen LogP) is 2.66. The molecule has 0 radical (unpaired) electrons. The van der Waals surface area contributed by atoms with Gasteiger partial charge in [0.05, 0.1) is 17.5 Å². The maximum Gasteiger partial charge on any atom is 0.256 e. The molecule has 3 rings (SSSR count). The zero-order valence-corrected chi connectivity index (χ0v) is 17.7. The second kappa shape index (κ2) is 7.83. The fourth-order valence-electron chi connectivity index (χ4n) is 3.51. The van der Waals surface area contributed by atoms with Crippen LogP contribution in [0.3, 0.4) is 0 Å². The van der Waals surface area contributed by atoms with Crippen LogP contribution in [0.5, 0.6) is 0 Å². The van der Waals surface area contributed by atoms with E-state index < -0.39 is 10.0 Å². The Morgan fingerprint density at radius 1 is 0.964 bits per heavy atom. The highest BCUT2D eigenvalue weighted by Gasteiger charge is 2.26. The fourth-order valence-corrected chi connectivity index (χ4v) is 4.02. The summed E-state index contributed by atoms with van der Waals surface area (Å²) in [7, 11) is -1.97. The first-order chi connectivity index (χ1) is 13.2. The van der Waals surface area contributed by atoms with Gasteiger partial charge < -0.3 is 9.80 Å². The van der Waals surface area contributed by atoms with Crippen molar-refractivity contribution in [2.24, 2.45) is 0 Å². The quantitative estimate of drug-likeness (QED) is 0.790. The maximum atomic E-state index is 13.1. The number of carbonyl (C=O) groups excluding carboxylic acids is 1. The molecule has 1 heterocycles. The van der Waals surface area contributed by atoms with Crippen molar-refractivity contribution < 1.29 is 13.2 Å². The van der Waals surface area contributed by atoms with Crippen LogP contribution in [-0.2, 0) is 10.0 Å². The number of hydrogen-bond donors (Lipinski definition) is 0. The molecule has 0 saturated carbocycles. The van der Waals surface area contributed by atoms with Crippen LogP contribution in [0, 0.1) is 13.8 Å². The van der Waals surface area contributed by atoms with E-state index in [9.17, 15) is 13.2 Å². The molecule has 150 valence electrons. The molecular weight excluding hydrogens is 374 g/mol. The van der Waals surface area contributed by atoms with Gasteiger partial charge in [-0.3, -0.25) is 9.10 Å². The summed E-state index contributed by atoms with van der Waals surface area (Å²) in [4.78, 5) is 17.2. The highest BCUT2D eigenvalue weighted by atomic mass is 32.2. The predicted molar refractivity (Wildman–Crippen MR) is 114 cm³/mol. The second-order valence-electron chi connectivity index (χ2n) is 7.25. The smallest absolute Gasteiger partial charge is 0.256 e. The summed E-state index contributed by atoms with van der Waals surface area (Å²) in [6.07, 6.45) is 1.14. The Labute approximate surface area is 167 Å². The molecule has 1 aliphatic heterocycles. The summed E-state index contributed by atoms with van der Waals surface area (Å²) in [5.74, 6) is -0.133. The third kappa shape index (κ3) is 3.99. The summed E-state index contributed by atoms with van der Waals surface area (Å²) in [5, 5.41) is 0. The van der Waals surface area contributed by atoms with E-state index in [4.69, 9.17) is 0 Å². The van der Waals surface area contributed by atoms with Crippen molar-refractivity contribution in [1.29, 1.82) is 0 Å². The number of benzene rings is 2. The Balaban J connectivity index is 1.77. The Morgan fingerprint density at radius 3 is 2.25 bits per heavy atom. The summed E-state index contributed by atoms with van der Waals surface area (Å²) in [5.41, 5.74) is 4.56. The Kier molecular flexibility index (Phi) is 5.65. The van der Waals surface area contributed by atoms with Crippen LogP contribution in [-0.4, -0.2) is 58.7 Å². The van der Waals surface area contributed by atoms with E-state index in [1.165, 1.54) is 23.9 Å². The minimum Gasteiger partial charge on any atom is -0.368 e. The zero-order valence-electron chi connectivity index (χ0n) is 16.8. The average Bonchev–Trinajstić information content (AvgIpc) is 2.68. The number of hydrogen-bond acceptors (Lipinski definition) is 4. The minimum atomic E-state index is -3.44. The fraction of sp³-hybridized carbons (Fsp3) is 0.381. The van der Waals surface area contributed by atoms with Gasteiger partial charge in [-0.25, -0.2) is 8.42 Å². The van der Waals surface area contributed by atoms with E-state index in [1.54, 1.807) is 29.2 Å². The van der Waals surface area contributed by atoms with Gasteiger partial charge in [-0.1, -0.05) is 24.3 Å². The van der Waals surface area contributed by atoms with Crippen LogP contribution in [0.1, 0.15) is 21.5 Å². The van der Waals surface area contributed by atoms with E-state index in [-0.39, 0.29) is 5.91 Å². The van der Waals surface area contributed by atoms with Gasteiger partial charge in [-0.05, 0) is 43.2 Å². The van der Waals surface area contributed by atoms with Gasteiger partial charge >= 0.3 is 0 Å². The van der Waals surface area contributed by atoms with Crippen LogP contribution in [0.2, 0.25) is 0 Å². The SMILES string of the molecule is Cc1cccc(N2CCN(C(=O)c3ccccc3N(C)S(C)(=O)=O)CC2)c1C. The summed E-state index contributed by atoms with van der Waals surface area (Å²) in [6, 6.07) is 13.2.